The van der Waals surface area contributed by atoms with Crippen LogP contribution in [0.5, 0.6) is 0 Å². The lowest BCUT2D eigenvalue weighted by Crippen LogP contribution is -2.34. The molecular formula is C10H18N4OS. The Morgan fingerprint density at radius 2 is 2.44 bits per heavy atom. The number of hydrogen-bond donors (Lipinski definition) is 2. The molecule has 1 aromatic heterocycles. The summed E-state index contributed by atoms with van der Waals surface area (Å²) in [6, 6.07) is 0. The number of piperidine rings is 1. The minimum atomic E-state index is -0.0598. The van der Waals surface area contributed by atoms with E-state index in [1.807, 2.05) is 4.57 Å². The molecule has 2 N–H and O–H groups in total. The van der Waals surface area contributed by atoms with Gasteiger partial charge < -0.3 is 14.6 Å². The molecule has 16 heavy (non-hydrogen) atoms. The monoisotopic (exact) mass is 242 g/mol. The Morgan fingerprint density at radius 1 is 1.62 bits per heavy atom. The molecule has 1 aliphatic heterocycles. The second-order valence-electron chi connectivity index (χ2n) is 4.48. The van der Waals surface area contributed by atoms with Crippen molar-refractivity contribution in [3.8, 4) is 0 Å². The van der Waals surface area contributed by atoms with Gasteiger partial charge in [-0.2, -0.15) is 5.10 Å². The van der Waals surface area contributed by atoms with E-state index < -0.39 is 0 Å². The van der Waals surface area contributed by atoms with Crippen LogP contribution in [0.3, 0.4) is 0 Å². The van der Waals surface area contributed by atoms with Gasteiger partial charge >= 0.3 is 0 Å². The number of aliphatic hydroxyl groups excluding tert-OH is 1. The maximum Gasteiger partial charge on any atom is 0.195 e. The molecule has 6 heteroatoms. The molecule has 90 valence electrons. The highest BCUT2D eigenvalue weighted by Gasteiger charge is 2.19. The predicted molar refractivity (Wildman–Crippen MR) is 63.6 cm³/mol. The molecule has 2 heterocycles. The number of hydrogen-bond acceptors (Lipinski definition) is 4. The first kappa shape index (κ1) is 11.8. The Kier molecular flexibility index (Phi) is 3.73. The van der Waals surface area contributed by atoms with Crippen LogP contribution in [0.2, 0.25) is 0 Å². The van der Waals surface area contributed by atoms with E-state index in [-0.39, 0.29) is 6.61 Å². The van der Waals surface area contributed by atoms with E-state index in [1.54, 1.807) is 0 Å². The van der Waals surface area contributed by atoms with Crippen LogP contribution in [0.15, 0.2) is 0 Å². The van der Waals surface area contributed by atoms with Crippen molar-refractivity contribution in [3.63, 3.8) is 0 Å². The van der Waals surface area contributed by atoms with E-state index in [1.165, 1.54) is 19.4 Å². The molecule has 0 saturated carbocycles. The predicted octanol–water partition coefficient (Wildman–Crippen LogP) is 0.775. The molecule has 0 aromatic carbocycles. The summed E-state index contributed by atoms with van der Waals surface area (Å²) in [4.78, 5) is 2.34. The van der Waals surface area contributed by atoms with Gasteiger partial charge in [0.05, 0.1) is 0 Å². The second kappa shape index (κ2) is 5.07. The van der Waals surface area contributed by atoms with Crippen molar-refractivity contribution in [1.82, 2.24) is 19.7 Å². The van der Waals surface area contributed by atoms with Gasteiger partial charge in [-0.15, -0.1) is 0 Å². The Hall–Kier alpha value is -0.720. The molecule has 5 nitrogen and oxygen atoms in total. The number of likely N-dealkylation sites (tertiary alicyclic amines) is 1. The highest BCUT2D eigenvalue weighted by Crippen LogP contribution is 2.17. The first-order valence-electron chi connectivity index (χ1n) is 5.64. The molecule has 0 bridgehead atoms. The van der Waals surface area contributed by atoms with E-state index in [4.69, 9.17) is 17.3 Å². The number of H-pyrrole nitrogens is 1. The van der Waals surface area contributed by atoms with Crippen LogP contribution in [-0.4, -0.2) is 44.9 Å². The molecule has 2 rings (SSSR count). The Morgan fingerprint density at radius 3 is 3.12 bits per heavy atom. The lowest BCUT2D eigenvalue weighted by Gasteiger charge is -2.29. The van der Waals surface area contributed by atoms with Gasteiger partial charge in [0.2, 0.25) is 0 Å². The number of nitrogens with one attached hydrogen (secondary N) is 1. The fourth-order valence-corrected chi connectivity index (χ4v) is 2.57. The van der Waals surface area contributed by atoms with E-state index in [2.05, 4.69) is 22.1 Å². The van der Waals surface area contributed by atoms with Crippen LogP contribution in [0, 0.1) is 10.7 Å². The van der Waals surface area contributed by atoms with Gasteiger partial charge in [-0.25, -0.2) is 0 Å². The topological polar surface area (TPSA) is 57.1 Å². The van der Waals surface area contributed by atoms with Gasteiger partial charge in [-0.1, -0.05) is 0 Å². The zero-order valence-corrected chi connectivity index (χ0v) is 10.3. The maximum absolute atomic E-state index is 9.15. The largest absolute Gasteiger partial charge is 0.388 e. The summed E-state index contributed by atoms with van der Waals surface area (Å²) in [5, 5.41) is 15.9. The van der Waals surface area contributed by atoms with Crippen molar-refractivity contribution in [2.24, 2.45) is 5.92 Å². The van der Waals surface area contributed by atoms with Gasteiger partial charge in [0.15, 0.2) is 10.6 Å². The molecule has 0 spiro atoms. The van der Waals surface area contributed by atoms with Gasteiger partial charge in [-0.3, -0.25) is 5.10 Å². The van der Waals surface area contributed by atoms with Crippen LogP contribution in [-0.2, 0) is 13.2 Å². The average Bonchev–Trinajstić information content (AvgIpc) is 2.60. The fourth-order valence-electron chi connectivity index (χ4n) is 2.34. The first-order chi connectivity index (χ1) is 7.70. The van der Waals surface area contributed by atoms with Crippen LogP contribution in [0.1, 0.15) is 18.7 Å². The van der Waals surface area contributed by atoms with Crippen LogP contribution in [0.4, 0.5) is 0 Å². The lowest BCUT2D eigenvalue weighted by molar-refractivity contribution is 0.189. The van der Waals surface area contributed by atoms with Gasteiger partial charge in [0.1, 0.15) is 6.61 Å². The molecule has 1 fully saturated rings. The summed E-state index contributed by atoms with van der Waals surface area (Å²) in [5.74, 6) is 1.24. The molecule has 1 aliphatic rings. The fraction of sp³-hybridized carbons (Fsp3) is 0.800. The smallest absolute Gasteiger partial charge is 0.195 e. The molecule has 1 aromatic rings. The van der Waals surface area contributed by atoms with Crippen LogP contribution in [0.25, 0.3) is 0 Å². The Balaban J connectivity index is 2.07. The number of aliphatic hydroxyl groups is 1. The van der Waals surface area contributed by atoms with E-state index in [0.717, 1.165) is 13.1 Å². The van der Waals surface area contributed by atoms with E-state index in [9.17, 15) is 0 Å². The quantitative estimate of drug-likeness (QED) is 0.769. The molecule has 1 saturated heterocycles. The molecule has 0 aliphatic carbocycles. The van der Waals surface area contributed by atoms with Crippen molar-refractivity contribution in [1.29, 1.82) is 0 Å². The molecule has 0 radical (unpaired) electrons. The standard InChI is InChI=1S/C10H18N4OS/c1-13-4-2-3-8(5-13)6-14-9(7-15)11-12-10(14)16/h8,15H,2-7H2,1H3,(H,12,16). The molecule has 1 atom stereocenters. The molecule has 0 amide bonds. The van der Waals surface area contributed by atoms with Crippen molar-refractivity contribution in [2.75, 3.05) is 20.1 Å². The maximum atomic E-state index is 9.15. The summed E-state index contributed by atoms with van der Waals surface area (Å²) >= 11 is 5.16. The highest BCUT2D eigenvalue weighted by molar-refractivity contribution is 7.71. The highest BCUT2D eigenvalue weighted by atomic mass is 32.1. The number of aromatic amines is 1. The third-order valence-corrected chi connectivity index (χ3v) is 3.45. The summed E-state index contributed by atoms with van der Waals surface area (Å²) in [6.07, 6.45) is 2.46. The van der Waals surface area contributed by atoms with Gasteiger partial charge in [0, 0.05) is 13.1 Å². The normalized spacial score (nSPS) is 22.5. The van der Waals surface area contributed by atoms with Crippen LogP contribution >= 0.6 is 12.2 Å². The Labute approximate surface area is 100 Å². The first-order valence-corrected chi connectivity index (χ1v) is 6.05. The summed E-state index contributed by atoms with van der Waals surface area (Å²) in [7, 11) is 2.15. The minimum absolute atomic E-state index is 0.0598. The Bertz CT molecular complexity index is 400. The average molecular weight is 242 g/mol. The summed E-state index contributed by atoms with van der Waals surface area (Å²) < 4.78 is 2.52. The second-order valence-corrected chi connectivity index (χ2v) is 4.87. The van der Waals surface area contributed by atoms with Gasteiger partial charge in [-0.05, 0) is 44.6 Å². The minimum Gasteiger partial charge on any atom is -0.388 e. The van der Waals surface area contributed by atoms with Crippen molar-refractivity contribution in [3.05, 3.63) is 10.6 Å². The van der Waals surface area contributed by atoms with Crippen LogP contribution < -0.4 is 0 Å². The zero-order valence-electron chi connectivity index (χ0n) is 9.52. The number of rotatable bonds is 3. The summed E-state index contributed by atoms with van der Waals surface area (Å²) in [6.45, 7) is 3.07. The number of aromatic nitrogens is 3. The molecule has 1 unspecified atom stereocenters. The molecular weight excluding hydrogens is 224 g/mol. The zero-order chi connectivity index (χ0) is 11.5. The number of nitrogens with zero attached hydrogens (tertiary/aromatic N) is 3. The van der Waals surface area contributed by atoms with Gasteiger partial charge in [0.25, 0.3) is 0 Å². The van der Waals surface area contributed by atoms with Crippen molar-refractivity contribution in [2.45, 2.75) is 26.0 Å². The summed E-state index contributed by atoms with van der Waals surface area (Å²) in [5.41, 5.74) is 0. The van der Waals surface area contributed by atoms with E-state index in [0.29, 0.717) is 16.5 Å². The third kappa shape index (κ3) is 2.50. The lowest BCUT2D eigenvalue weighted by atomic mass is 9.98. The van der Waals surface area contributed by atoms with Crippen molar-refractivity contribution >= 4 is 12.2 Å². The third-order valence-electron chi connectivity index (χ3n) is 3.14. The van der Waals surface area contributed by atoms with Crippen molar-refractivity contribution < 1.29 is 5.11 Å². The van der Waals surface area contributed by atoms with E-state index >= 15 is 0 Å². The SMILES string of the molecule is CN1CCCC(Cn2c(CO)n[nH]c2=S)C1.